The van der Waals surface area contributed by atoms with E-state index < -0.39 is 10.0 Å². The van der Waals surface area contributed by atoms with E-state index in [2.05, 4.69) is 5.10 Å². The standard InChI is InChI=1S/C17H29N3O2S/c1-14-17(13-18-19(14)2)23(21,22)20(15-9-5-3-6-10-15)16-11-7-4-8-12-16/h13,15-16H,3-12H2,1-2H3. The van der Waals surface area contributed by atoms with Crippen LogP contribution in [0.1, 0.15) is 69.9 Å². The predicted molar refractivity (Wildman–Crippen MR) is 90.7 cm³/mol. The Labute approximate surface area is 140 Å². The normalized spacial score (nSPS) is 21.9. The van der Waals surface area contributed by atoms with Crippen molar-refractivity contribution in [3.8, 4) is 0 Å². The second-order valence-electron chi connectivity index (χ2n) is 7.14. The molecule has 3 rings (SSSR count). The number of hydrogen-bond acceptors (Lipinski definition) is 3. The van der Waals surface area contributed by atoms with Crippen LogP contribution in [0.2, 0.25) is 0 Å². The Bertz CT molecular complexity index is 608. The minimum Gasteiger partial charge on any atom is -0.272 e. The maximum absolute atomic E-state index is 13.4. The quantitative estimate of drug-likeness (QED) is 0.845. The van der Waals surface area contributed by atoms with E-state index in [1.165, 1.54) is 19.0 Å². The van der Waals surface area contributed by atoms with Gasteiger partial charge in [0, 0.05) is 19.1 Å². The molecule has 0 saturated heterocycles. The molecule has 0 N–H and O–H groups in total. The summed E-state index contributed by atoms with van der Waals surface area (Å²) in [5, 5.41) is 4.17. The summed E-state index contributed by atoms with van der Waals surface area (Å²) in [6.07, 6.45) is 12.6. The number of sulfonamides is 1. The smallest absolute Gasteiger partial charge is 0.246 e. The van der Waals surface area contributed by atoms with Gasteiger partial charge < -0.3 is 0 Å². The largest absolute Gasteiger partial charge is 0.272 e. The van der Waals surface area contributed by atoms with Crippen LogP contribution in [0.4, 0.5) is 0 Å². The van der Waals surface area contributed by atoms with E-state index in [4.69, 9.17) is 0 Å². The fourth-order valence-electron chi connectivity index (χ4n) is 4.21. The molecular weight excluding hydrogens is 310 g/mol. The molecule has 0 aliphatic heterocycles. The van der Waals surface area contributed by atoms with Crippen LogP contribution < -0.4 is 0 Å². The molecule has 2 aliphatic rings. The lowest BCUT2D eigenvalue weighted by atomic mass is 9.91. The van der Waals surface area contributed by atoms with Crippen LogP contribution >= 0.6 is 0 Å². The first-order valence-electron chi connectivity index (χ1n) is 9.04. The number of aryl methyl sites for hydroxylation is 1. The third-order valence-electron chi connectivity index (χ3n) is 5.61. The molecule has 0 spiro atoms. The van der Waals surface area contributed by atoms with Crippen molar-refractivity contribution in [3.63, 3.8) is 0 Å². The molecule has 1 heterocycles. The molecule has 0 aromatic carbocycles. The molecule has 1 aromatic rings. The first-order chi connectivity index (χ1) is 11.0. The van der Waals surface area contributed by atoms with Crippen LogP contribution in [-0.2, 0) is 17.1 Å². The minimum absolute atomic E-state index is 0.177. The highest BCUT2D eigenvalue weighted by atomic mass is 32.2. The Kier molecular flexibility index (Phi) is 5.11. The monoisotopic (exact) mass is 339 g/mol. The van der Waals surface area contributed by atoms with E-state index in [9.17, 15) is 8.42 Å². The van der Waals surface area contributed by atoms with E-state index in [-0.39, 0.29) is 12.1 Å². The summed E-state index contributed by atoms with van der Waals surface area (Å²) in [6, 6.07) is 0.355. The van der Waals surface area contributed by atoms with Gasteiger partial charge in [-0.05, 0) is 32.6 Å². The number of nitrogens with zero attached hydrogens (tertiary/aromatic N) is 3. The molecule has 130 valence electrons. The summed E-state index contributed by atoms with van der Waals surface area (Å²) in [7, 11) is -1.65. The number of rotatable bonds is 4. The van der Waals surface area contributed by atoms with Crippen LogP contribution in [0.15, 0.2) is 11.1 Å². The Balaban J connectivity index is 1.97. The number of hydrogen-bond donors (Lipinski definition) is 0. The van der Waals surface area contributed by atoms with Crippen LogP contribution in [-0.4, -0.2) is 34.6 Å². The van der Waals surface area contributed by atoms with Gasteiger partial charge in [-0.2, -0.15) is 9.40 Å². The van der Waals surface area contributed by atoms with Gasteiger partial charge in [-0.15, -0.1) is 0 Å². The van der Waals surface area contributed by atoms with Gasteiger partial charge in [0.2, 0.25) is 10.0 Å². The van der Waals surface area contributed by atoms with Crippen molar-refractivity contribution < 1.29 is 8.42 Å². The van der Waals surface area contributed by atoms with Crippen molar-refractivity contribution in [2.75, 3.05) is 0 Å². The third kappa shape index (κ3) is 3.33. The van der Waals surface area contributed by atoms with Gasteiger partial charge in [0.25, 0.3) is 0 Å². The first-order valence-corrected chi connectivity index (χ1v) is 10.5. The highest BCUT2D eigenvalue weighted by Gasteiger charge is 2.39. The maximum atomic E-state index is 13.4. The summed E-state index contributed by atoms with van der Waals surface area (Å²) in [4.78, 5) is 0.399. The van der Waals surface area contributed by atoms with Gasteiger partial charge >= 0.3 is 0 Å². The third-order valence-corrected chi connectivity index (χ3v) is 7.72. The lowest BCUT2D eigenvalue weighted by Crippen LogP contribution is -2.48. The molecule has 23 heavy (non-hydrogen) atoms. The predicted octanol–water partition coefficient (Wildman–Crippen LogP) is 3.38. The maximum Gasteiger partial charge on any atom is 0.246 e. The molecule has 5 nitrogen and oxygen atoms in total. The summed E-state index contributed by atoms with van der Waals surface area (Å²) < 4.78 is 30.4. The Hall–Kier alpha value is -0.880. The molecule has 0 amide bonds. The summed E-state index contributed by atoms with van der Waals surface area (Å²) in [5.41, 5.74) is 0.738. The Morgan fingerprint density at radius 2 is 1.48 bits per heavy atom. The highest BCUT2D eigenvalue weighted by molar-refractivity contribution is 7.89. The zero-order valence-corrected chi connectivity index (χ0v) is 15.2. The topological polar surface area (TPSA) is 55.2 Å². The lowest BCUT2D eigenvalue weighted by Gasteiger charge is -2.40. The summed E-state index contributed by atoms with van der Waals surface area (Å²) in [5.74, 6) is 0. The number of aromatic nitrogens is 2. The minimum atomic E-state index is -3.46. The van der Waals surface area contributed by atoms with Crippen molar-refractivity contribution in [1.82, 2.24) is 14.1 Å². The van der Waals surface area contributed by atoms with Gasteiger partial charge in [-0.25, -0.2) is 8.42 Å². The van der Waals surface area contributed by atoms with Crippen molar-refractivity contribution in [2.45, 2.75) is 88.1 Å². The summed E-state index contributed by atoms with van der Waals surface area (Å²) in [6.45, 7) is 1.85. The van der Waals surface area contributed by atoms with E-state index in [1.807, 2.05) is 11.2 Å². The molecule has 6 heteroatoms. The highest BCUT2D eigenvalue weighted by Crippen LogP contribution is 2.35. The van der Waals surface area contributed by atoms with Crippen LogP contribution in [0, 0.1) is 6.92 Å². The molecular formula is C17H29N3O2S. The van der Waals surface area contributed by atoms with Crippen molar-refractivity contribution >= 4 is 10.0 Å². The molecule has 0 radical (unpaired) electrons. The Morgan fingerprint density at radius 3 is 1.87 bits per heavy atom. The van der Waals surface area contributed by atoms with Gasteiger partial charge in [-0.1, -0.05) is 38.5 Å². The van der Waals surface area contributed by atoms with Crippen molar-refractivity contribution in [2.24, 2.45) is 7.05 Å². The molecule has 2 fully saturated rings. The Morgan fingerprint density at radius 1 is 1.00 bits per heavy atom. The van der Waals surface area contributed by atoms with Crippen LogP contribution in [0.25, 0.3) is 0 Å². The fourth-order valence-corrected chi connectivity index (χ4v) is 6.33. The molecule has 1 aromatic heterocycles. The zero-order chi connectivity index (χ0) is 16.4. The zero-order valence-electron chi connectivity index (χ0n) is 14.4. The van der Waals surface area contributed by atoms with Gasteiger partial charge in [-0.3, -0.25) is 4.68 Å². The molecule has 2 saturated carbocycles. The molecule has 0 unspecified atom stereocenters. The van der Waals surface area contributed by atoms with Gasteiger partial charge in [0.1, 0.15) is 4.90 Å². The second kappa shape index (κ2) is 6.93. The van der Waals surface area contributed by atoms with Crippen molar-refractivity contribution in [1.29, 1.82) is 0 Å². The van der Waals surface area contributed by atoms with Crippen LogP contribution in [0.5, 0.6) is 0 Å². The van der Waals surface area contributed by atoms with Gasteiger partial charge in [0.15, 0.2) is 0 Å². The average molecular weight is 340 g/mol. The van der Waals surface area contributed by atoms with E-state index in [0.717, 1.165) is 57.1 Å². The van der Waals surface area contributed by atoms with Gasteiger partial charge in [0.05, 0.1) is 11.9 Å². The van der Waals surface area contributed by atoms with E-state index in [0.29, 0.717) is 4.90 Å². The summed E-state index contributed by atoms with van der Waals surface area (Å²) >= 11 is 0. The molecule has 2 aliphatic carbocycles. The molecule has 0 bridgehead atoms. The fraction of sp³-hybridized carbons (Fsp3) is 0.824. The lowest BCUT2D eigenvalue weighted by molar-refractivity contribution is 0.169. The second-order valence-corrected chi connectivity index (χ2v) is 8.95. The van der Waals surface area contributed by atoms with E-state index >= 15 is 0 Å². The average Bonchev–Trinajstić information content (AvgIpc) is 2.90. The SMILES string of the molecule is Cc1c(S(=O)(=O)N(C2CCCCC2)C2CCCCC2)cnn1C. The van der Waals surface area contributed by atoms with Crippen molar-refractivity contribution in [3.05, 3.63) is 11.9 Å². The first kappa shape index (κ1) is 17.0. The van der Waals surface area contributed by atoms with Crippen LogP contribution in [0.3, 0.4) is 0 Å². The van der Waals surface area contributed by atoms with E-state index in [1.54, 1.807) is 11.7 Å². The molecule has 0 atom stereocenters.